The van der Waals surface area contributed by atoms with Crippen LogP contribution in [0.25, 0.3) is 11.3 Å². The van der Waals surface area contributed by atoms with Crippen molar-refractivity contribution in [1.82, 2.24) is 9.97 Å². The van der Waals surface area contributed by atoms with Gasteiger partial charge >= 0.3 is 0 Å². The average molecular weight is 276 g/mol. The van der Waals surface area contributed by atoms with Crippen molar-refractivity contribution >= 4 is 12.2 Å². The number of nitrogens with zero attached hydrogens (tertiary/aromatic N) is 1. The summed E-state index contributed by atoms with van der Waals surface area (Å²) in [6.45, 7) is 2.03. The third-order valence-electron chi connectivity index (χ3n) is 2.79. The van der Waals surface area contributed by atoms with Gasteiger partial charge in [-0.1, -0.05) is 19.1 Å². The number of H-pyrrole nitrogens is 1. The number of aryl methyl sites for hydroxylation is 1. The van der Waals surface area contributed by atoms with Gasteiger partial charge in [-0.15, -0.1) is 0 Å². The van der Waals surface area contributed by atoms with E-state index in [4.69, 9.17) is 21.7 Å². The SMILES string of the molecule is CCc1nc(=S)cc(-c2cc(OC)cc(OC)c2)[nH]1. The van der Waals surface area contributed by atoms with Crippen LogP contribution in [0.1, 0.15) is 12.7 Å². The third kappa shape index (κ3) is 3.12. The molecular formula is C14H16N2O2S. The van der Waals surface area contributed by atoms with Crippen molar-refractivity contribution in [2.45, 2.75) is 13.3 Å². The molecule has 0 spiro atoms. The monoisotopic (exact) mass is 276 g/mol. The molecule has 4 nitrogen and oxygen atoms in total. The highest BCUT2D eigenvalue weighted by Crippen LogP contribution is 2.28. The number of ether oxygens (including phenoxy) is 2. The summed E-state index contributed by atoms with van der Waals surface area (Å²) in [7, 11) is 3.26. The summed E-state index contributed by atoms with van der Waals surface area (Å²) in [6, 6.07) is 7.54. The quantitative estimate of drug-likeness (QED) is 0.870. The molecule has 1 aromatic heterocycles. The van der Waals surface area contributed by atoms with E-state index in [0.29, 0.717) is 4.64 Å². The lowest BCUT2D eigenvalue weighted by atomic mass is 10.1. The van der Waals surface area contributed by atoms with Crippen LogP contribution < -0.4 is 9.47 Å². The highest BCUT2D eigenvalue weighted by Gasteiger charge is 2.06. The summed E-state index contributed by atoms with van der Waals surface area (Å²) in [4.78, 5) is 7.52. The highest BCUT2D eigenvalue weighted by atomic mass is 32.1. The summed E-state index contributed by atoms with van der Waals surface area (Å²) in [6.07, 6.45) is 0.804. The Labute approximate surface area is 117 Å². The second-order valence-corrected chi connectivity index (χ2v) is 4.45. The number of hydrogen-bond donors (Lipinski definition) is 1. The first-order chi connectivity index (χ1) is 9.16. The molecule has 0 unspecified atom stereocenters. The number of benzene rings is 1. The van der Waals surface area contributed by atoms with E-state index in [-0.39, 0.29) is 0 Å². The first-order valence-electron chi connectivity index (χ1n) is 6.00. The van der Waals surface area contributed by atoms with Crippen molar-refractivity contribution in [3.63, 3.8) is 0 Å². The molecular weight excluding hydrogens is 260 g/mol. The van der Waals surface area contributed by atoms with Gasteiger partial charge in [-0.25, -0.2) is 4.98 Å². The van der Waals surface area contributed by atoms with Crippen LogP contribution in [0.15, 0.2) is 24.3 Å². The van der Waals surface area contributed by atoms with Gasteiger partial charge in [-0.3, -0.25) is 0 Å². The summed E-state index contributed by atoms with van der Waals surface area (Å²) in [5, 5.41) is 0. The Morgan fingerprint density at radius 3 is 2.26 bits per heavy atom. The number of nitrogens with one attached hydrogen (secondary N) is 1. The first kappa shape index (κ1) is 13.5. The lowest BCUT2D eigenvalue weighted by molar-refractivity contribution is 0.394. The molecule has 0 atom stereocenters. The Hall–Kier alpha value is -1.88. The molecule has 0 aliphatic carbocycles. The second kappa shape index (κ2) is 5.84. The molecule has 0 saturated carbocycles. The van der Waals surface area contributed by atoms with Crippen LogP contribution in [0.3, 0.4) is 0 Å². The van der Waals surface area contributed by atoms with Gasteiger partial charge in [0.15, 0.2) is 0 Å². The van der Waals surface area contributed by atoms with E-state index in [1.165, 1.54) is 0 Å². The molecule has 19 heavy (non-hydrogen) atoms. The molecule has 0 saturated heterocycles. The maximum Gasteiger partial charge on any atom is 0.130 e. The summed E-state index contributed by atoms with van der Waals surface area (Å²) < 4.78 is 11.1. The molecule has 1 aromatic carbocycles. The zero-order valence-electron chi connectivity index (χ0n) is 11.2. The molecule has 1 heterocycles. The number of rotatable bonds is 4. The van der Waals surface area contributed by atoms with Crippen LogP contribution in [0.4, 0.5) is 0 Å². The molecule has 0 radical (unpaired) electrons. The summed E-state index contributed by atoms with van der Waals surface area (Å²) in [5.41, 5.74) is 1.87. The predicted octanol–water partition coefficient (Wildman–Crippen LogP) is 3.39. The van der Waals surface area contributed by atoms with Crippen molar-refractivity contribution in [3.8, 4) is 22.8 Å². The van der Waals surface area contributed by atoms with Crippen LogP contribution >= 0.6 is 12.2 Å². The molecule has 0 aliphatic heterocycles. The Balaban J connectivity index is 2.57. The van der Waals surface area contributed by atoms with Crippen LogP contribution in [0, 0.1) is 4.64 Å². The van der Waals surface area contributed by atoms with Crippen LogP contribution in [0.2, 0.25) is 0 Å². The highest BCUT2D eigenvalue weighted by molar-refractivity contribution is 7.71. The van der Waals surface area contributed by atoms with E-state index in [9.17, 15) is 0 Å². The van der Waals surface area contributed by atoms with Crippen LogP contribution in [0.5, 0.6) is 11.5 Å². The van der Waals surface area contributed by atoms with Gasteiger partial charge < -0.3 is 14.5 Å². The van der Waals surface area contributed by atoms with Crippen molar-refractivity contribution in [2.75, 3.05) is 14.2 Å². The Morgan fingerprint density at radius 2 is 1.74 bits per heavy atom. The predicted molar refractivity (Wildman–Crippen MR) is 77.3 cm³/mol. The number of aromatic nitrogens is 2. The molecule has 5 heteroatoms. The molecule has 0 fully saturated rings. The minimum atomic E-state index is 0.576. The first-order valence-corrected chi connectivity index (χ1v) is 6.40. The maximum absolute atomic E-state index is 5.27. The number of aromatic amines is 1. The van der Waals surface area contributed by atoms with Gasteiger partial charge in [0.25, 0.3) is 0 Å². The van der Waals surface area contributed by atoms with Gasteiger partial charge in [-0.05, 0) is 18.2 Å². The average Bonchev–Trinajstić information content (AvgIpc) is 2.45. The van der Waals surface area contributed by atoms with Gasteiger partial charge in [0, 0.05) is 23.7 Å². The minimum absolute atomic E-state index is 0.576. The standard InChI is InChI=1S/C14H16N2O2S/c1-4-13-15-12(8-14(19)16-13)9-5-10(17-2)7-11(6-9)18-3/h5-8H,4H2,1-3H3,(H,15,16,19). The second-order valence-electron chi connectivity index (χ2n) is 4.03. The van der Waals surface area contributed by atoms with Crippen LogP contribution in [-0.4, -0.2) is 24.2 Å². The third-order valence-corrected chi connectivity index (χ3v) is 3.00. The fourth-order valence-electron chi connectivity index (χ4n) is 1.79. The van der Waals surface area contributed by atoms with Gasteiger partial charge in [0.1, 0.15) is 22.0 Å². The largest absolute Gasteiger partial charge is 0.497 e. The van der Waals surface area contributed by atoms with Crippen molar-refractivity contribution in [2.24, 2.45) is 0 Å². The molecule has 0 amide bonds. The Kier molecular flexibility index (Phi) is 4.16. The van der Waals surface area contributed by atoms with E-state index in [1.54, 1.807) is 14.2 Å². The van der Waals surface area contributed by atoms with Gasteiger partial charge in [0.2, 0.25) is 0 Å². The van der Waals surface area contributed by atoms with E-state index >= 15 is 0 Å². The molecule has 2 rings (SSSR count). The molecule has 0 bridgehead atoms. The number of hydrogen-bond acceptors (Lipinski definition) is 4. The number of methoxy groups -OCH3 is 2. The Morgan fingerprint density at radius 1 is 1.11 bits per heavy atom. The van der Waals surface area contributed by atoms with Crippen molar-refractivity contribution in [3.05, 3.63) is 34.7 Å². The lowest BCUT2D eigenvalue weighted by Crippen LogP contribution is -1.96. The van der Waals surface area contributed by atoms with E-state index in [2.05, 4.69) is 9.97 Å². The van der Waals surface area contributed by atoms with E-state index < -0.39 is 0 Å². The topological polar surface area (TPSA) is 47.1 Å². The maximum atomic E-state index is 5.27. The normalized spacial score (nSPS) is 10.3. The van der Waals surface area contributed by atoms with E-state index in [0.717, 1.165) is 35.0 Å². The fraction of sp³-hybridized carbons (Fsp3) is 0.286. The lowest BCUT2D eigenvalue weighted by Gasteiger charge is -2.09. The molecule has 0 aliphatic rings. The van der Waals surface area contributed by atoms with Gasteiger partial charge in [0.05, 0.1) is 14.2 Å². The summed E-state index contributed by atoms with van der Waals surface area (Å²) >= 11 is 5.18. The summed E-state index contributed by atoms with van der Waals surface area (Å²) in [5.74, 6) is 2.34. The van der Waals surface area contributed by atoms with E-state index in [1.807, 2.05) is 31.2 Å². The van der Waals surface area contributed by atoms with Crippen molar-refractivity contribution < 1.29 is 9.47 Å². The zero-order valence-corrected chi connectivity index (χ0v) is 12.0. The molecule has 2 aromatic rings. The fourth-order valence-corrected chi connectivity index (χ4v) is 2.02. The smallest absolute Gasteiger partial charge is 0.130 e. The zero-order chi connectivity index (χ0) is 13.8. The molecule has 1 N–H and O–H groups in total. The van der Waals surface area contributed by atoms with Crippen molar-refractivity contribution in [1.29, 1.82) is 0 Å². The molecule has 100 valence electrons. The van der Waals surface area contributed by atoms with Gasteiger partial charge in [-0.2, -0.15) is 0 Å². The minimum Gasteiger partial charge on any atom is -0.497 e. The van der Waals surface area contributed by atoms with Crippen LogP contribution in [-0.2, 0) is 6.42 Å². The Bertz CT molecular complexity index is 615.